The summed E-state index contributed by atoms with van der Waals surface area (Å²) in [5, 5.41) is 12.6. The molecule has 0 atom stereocenters. The van der Waals surface area contributed by atoms with Crippen LogP contribution in [0.2, 0.25) is 0 Å². The Bertz CT molecular complexity index is 1830. The molecule has 0 fully saturated rings. The molecule has 0 spiro atoms. The third-order valence-corrected chi connectivity index (χ3v) is 7.05. The molecular formula is C24H15BN4OS. The van der Waals surface area contributed by atoms with Crippen molar-refractivity contribution in [2.45, 2.75) is 0 Å². The van der Waals surface area contributed by atoms with Crippen LogP contribution in [0.3, 0.4) is 0 Å². The van der Waals surface area contributed by atoms with Crippen molar-refractivity contribution < 1.29 is 5.11 Å². The molecule has 7 rings (SSSR count). The fraction of sp³-hybridized carbons (Fsp3) is 0. The molecule has 31 heavy (non-hydrogen) atoms. The van der Waals surface area contributed by atoms with Gasteiger partial charge in [0.25, 0.3) is 0 Å². The van der Waals surface area contributed by atoms with Gasteiger partial charge in [0.1, 0.15) is 24.2 Å². The molecule has 0 unspecified atom stereocenters. The van der Waals surface area contributed by atoms with Gasteiger partial charge in [-0.05, 0) is 36.4 Å². The van der Waals surface area contributed by atoms with Crippen LogP contribution in [0.4, 0.5) is 0 Å². The van der Waals surface area contributed by atoms with Crippen LogP contribution < -0.4 is 5.46 Å². The summed E-state index contributed by atoms with van der Waals surface area (Å²) in [4.78, 5) is 11.0. The Kier molecular flexibility index (Phi) is 3.20. The van der Waals surface area contributed by atoms with Crippen LogP contribution in [-0.4, -0.2) is 31.9 Å². The number of fused-ring (bicyclic) bond motifs is 8. The van der Waals surface area contributed by atoms with Crippen LogP contribution in [-0.2, 0) is 0 Å². The Morgan fingerprint density at radius 2 is 1.71 bits per heavy atom. The van der Waals surface area contributed by atoms with Gasteiger partial charge in [-0.3, -0.25) is 8.97 Å². The zero-order valence-electron chi connectivity index (χ0n) is 16.6. The lowest BCUT2D eigenvalue weighted by Crippen LogP contribution is -2.03. The van der Waals surface area contributed by atoms with Gasteiger partial charge in [-0.1, -0.05) is 35.8 Å². The topological polar surface area (TPSA) is 55.3 Å². The highest BCUT2D eigenvalue weighted by molar-refractivity contribution is 7.25. The van der Waals surface area contributed by atoms with Crippen molar-refractivity contribution in [3.8, 4) is 11.6 Å². The second-order valence-corrected chi connectivity index (χ2v) is 8.85. The molecule has 4 aromatic heterocycles. The van der Waals surface area contributed by atoms with E-state index in [1.54, 1.807) is 23.5 Å². The smallest absolute Gasteiger partial charge is 0.221 e. The maximum Gasteiger partial charge on any atom is 0.221 e. The number of phenolic OH excluding ortho intramolecular Hbond substituents is 1. The van der Waals surface area contributed by atoms with E-state index in [2.05, 4.69) is 60.8 Å². The van der Waals surface area contributed by atoms with Crippen LogP contribution in [0.5, 0.6) is 5.75 Å². The van der Waals surface area contributed by atoms with E-state index in [0.717, 1.165) is 49.3 Å². The monoisotopic (exact) mass is 418 g/mol. The first-order chi connectivity index (χ1) is 15.2. The number of pyridine rings is 1. The molecule has 7 aromatic rings. The lowest BCUT2D eigenvalue weighted by Gasteiger charge is -2.05. The van der Waals surface area contributed by atoms with Crippen LogP contribution in [0, 0.1) is 0 Å². The molecule has 1 N–H and O–H groups in total. The van der Waals surface area contributed by atoms with Gasteiger partial charge in [-0.2, -0.15) is 0 Å². The Balaban J connectivity index is 1.64. The predicted molar refractivity (Wildman–Crippen MR) is 130 cm³/mol. The number of hydrogen-bond acceptors (Lipinski definition) is 4. The zero-order valence-corrected chi connectivity index (χ0v) is 17.4. The summed E-state index contributed by atoms with van der Waals surface area (Å²) in [7, 11) is 2.08. The second kappa shape index (κ2) is 5.86. The number of para-hydroxylation sites is 1. The van der Waals surface area contributed by atoms with E-state index in [1.807, 2.05) is 16.7 Å². The van der Waals surface area contributed by atoms with E-state index in [9.17, 15) is 5.11 Å². The maximum absolute atomic E-state index is 10.2. The van der Waals surface area contributed by atoms with Crippen LogP contribution in [0.25, 0.3) is 54.0 Å². The van der Waals surface area contributed by atoms with Crippen LogP contribution in [0.15, 0.2) is 72.8 Å². The number of thiophene rings is 1. The second-order valence-electron chi connectivity index (χ2n) is 7.82. The van der Waals surface area contributed by atoms with E-state index in [0.29, 0.717) is 0 Å². The quantitative estimate of drug-likeness (QED) is 0.408. The highest BCUT2D eigenvalue weighted by Gasteiger charge is 2.19. The number of imidazole rings is 2. The zero-order chi connectivity index (χ0) is 20.7. The summed E-state index contributed by atoms with van der Waals surface area (Å²) in [6.07, 6.45) is 0. The van der Waals surface area contributed by atoms with Crippen molar-refractivity contribution >= 4 is 72.8 Å². The molecule has 0 saturated heterocycles. The van der Waals surface area contributed by atoms with Crippen LogP contribution in [0.1, 0.15) is 0 Å². The van der Waals surface area contributed by atoms with E-state index in [1.165, 1.54) is 10.1 Å². The molecule has 0 aliphatic rings. The summed E-state index contributed by atoms with van der Waals surface area (Å²) in [5.74, 6) is 1.80. The minimum absolute atomic E-state index is 0.220. The van der Waals surface area contributed by atoms with Gasteiger partial charge in [-0.25, -0.2) is 9.97 Å². The van der Waals surface area contributed by atoms with Gasteiger partial charge < -0.3 is 5.11 Å². The molecule has 5 nitrogen and oxygen atoms in total. The molecule has 0 aliphatic heterocycles. The van der Waals surface area contributed by atoms with E-state index < -0.39 is 0 Å². The van der Waals surface area contributed by atoms with E-state index in [-0.39, 0.29) is 5.75 Å². The minimum atomic E-state index is 0.220. The molecule has 7 heteroatoms. The van der Waals surface area contributed by atoms with Gasteiger partial charge in [0.15, 0.2) is 0 Å². The lowest BCUT2D eigenvalue weighted by atomic mass is 9.95. The van der Waals surface area contributed by atoms with Crippen LogP contribution >= 0.6 is 11.3 Å². The van der Waals surface area contributed by atoms with Crippen molar-refractivity contribution in [2.24, 2.45) is 0 Å². The third-order valence-electron chi connectivity index (χ3n) is 5.97. The van der Waals surface area contributed by atoms with Gasteiger partial charge in [0, 0.05) is 21.5 Å². The summed E-state index contributed by atoms with van der Waals surface area (Å²) in [6.45, 7) is 0. The molecule has 0 bridgehead atoms. The van der Waals surface area contributed by atoms with Crippen molar-refractivity contribution in [3.05, 3.63) is 72.8 Å². The summed E-state index contributed by atoms with van der Waals surface area (Å²) < 4.78 is 5.41. The van der Waals surface area contributed by atoms with Gasteiger partial charge in [-0.15, -0.1) is 11.3 Å². The number of hydrogen-bond donors (Lipinski definition) is 1. The molecular weight excluding hydrogens is 403 g/mol. The minimum Gasteiger partial charge on any atom is -0.508 e. The summed E-state index contributed by atoms with van der Waals surface area (Å²) >= 11 is 1.69. The number of aromatic hydroxyl groups is 1. The third kappa shape index (κ3) is 2.21. The lowest BCUT2D eigenvalue weighted by molar-refractivity contribution is 0.476. The molecule has 0 amide bonds. The molecule has 146 valence electrons. The average Bonchev–Trinajstić information content (AvgIpc) is 3.42. The Labute approximate surface area is 181 Å². The maximum atomic E-state index is 10.2. The van der Waals surface area contributed by atoms with Crippen molar-refractivity contribution in [1.29, 1.82) is 0 Å². The van der Waals surface area contributed by atoms with Crippen molar-refractivity contribution in [2.75, 3.05) is 0 Å². The predicted octanol–water partition coefficient (Wildman–Crippen LogP) is 4.16. The van der Waals surface area contributed by atoms with Gasteiger partial charge in [0.05, 0.1) is 22.1 Å². The Morgan fingerprint density at radius 1 is 0.806 bits per heavy atom. The first kappa shape index (κ1) is 16.9. The largest absolute Gasteiger partial charge is 0.508 e. The first-order valence-electron chi connectivity index (χ1n) is 10.1. The average molecular weight is 418 g/mol. The normalized spacial score (nSPS) is 12.1. The highest BCUT2D eigenvalue weighted by atomic mass is 32.1. The number of benzene rings is 3. The highest BCUT2D eigenvalue weighted by Crippen LogP contribution is 2.35. The fourth-order valence-electron chi connectivity index (χ4n) is 4.55. The van der Waals surface area contributed by atoms with Crippen molar-refractivity contribution in [1.82, 2.24) is 18.9 Å². The number of aromatic nitrogens is 4. The molecule has 3 aromatic carbocycles. The van der Waals surface area contributed by atoms with E-state index >= 15 is 0 Å². The first-order valence-corrected chi connectivity index (χ1v) is 10.9. The summed E-state index contributed by atoms with van der Waals surface area (Å²) in [6, 6.07) is 24.2. The van der Waals surface area contributed by atoms with Gasteiger partial charge >= 0.3 is 0 Å². The fourth-order valence-corrected chi connectivity index (χ4v) is 5.62. The van der Waals surface area contributed by atoms with E-state index in [4.69, 9.17) is 9.97 Å². The Hall–Kier alpha value is -3.84. The molecule has 4 heterocycles. The SMILES string of the molecule is Bc1cccc2c1nc1n(-c3ccc4c(n3)sc3ccccc34)c3cc(O)ccc3n21. The van der Waals surface area contributed by atoms with Crippen molar-refractivity contribution in [3.63, 3.8) is 0 Å². The van der Waals surface area contributed by atoms with Gasteiger partial charge in [0.2, 0.25) is 5.78 Å². The summed E-state index contributed by atoms with van der Waals surface area (Å²) in [5.41, 5.74) is 5.02. The molecule has 0 radical (unpaired) electrons. The molecule has 0 saturated carbocycles. The number of rotatable bonds is 1. The standard InChI is InChI=1S/C24H15BN4OS/c25-16-5-3-6-18-22(16)27-24-28(18)17-10-8-13(30)12-19(17)29(24)21-11-9-15-14-4-1-2-7-20(14)31-23(15)26-21/h1-12,30H,25H2. The number of nitrogens with zero attached hydrogens (tertiary/aromatic N) is 4. The molecule has 0 aliphatic carbocycles. The number of phenols is 1. The Morgan fingerprint density at radius 3 is 2.65 bits per heavy atom.